The van der Waals surface area contributed by atoms with Crippen molar-refractivity contribution in [2.75, 3.05) is 26.7 Å². The maximum absolute atomic E-state index is 12.2. The van der Waals surface area contributed by atoms with Gasteiger partial charge in [-0.3, -0.25) is 4.99 Å². The van der Waals surface area contributed by atoms with Gasteiger partial charge in [0.15, 0.2) is 5.96 Å². The Labute approximate surface area is 146 Å². The number of halogens is 4. The van der Waals surface area contributed by atoms with Crippen molar-refractivity contribution in [3.63, 3.8) is 0 Å². The third-order valence-corrected chi connectivity index (χ3v) is 3.66. The summed E-state index contributed by atoms with van der Waals surface area (Å²) in [6, 6.07) is 10.2. The molecule has 1 N–H and O–H groups in total. The molecule has 0 amide bonds. The highest BCUT2D eigenvalue weighted by Crippen LogP contribution is 2.27. The van der Waals surface area contributed by atoms with E-state index in [2.05, 4.69) is 22.4 Å². The summed E-state index contributed by atoms with van der Waals surface area (Å²) in [4.78, 5) is 6.10. The van der Waals surface area contributed by atoms with Crippen LogP contribution in [-0.2, 0) is 0 Å². The molecule has 0 bridgehead atoms. The number of nitrogens with zero attached hydrogens (tertiary/aromatic N) is 2. The van der Waals surface area contributed by atoms with Crippen molar-refractivity contribution in [2.45, 2.75) is 24.9 Å². The minimum absolute atomic E-state index is 0. The largest absolute Gasteiger partial charge is 0.390 e. The van der Waals surface area contributed by atoms with E-state index in [1.165, 1.54) is 5.56 Å². The molecule has 0 spiro atoms. The van der Waals surface area contributed by atoms with Crippen molar-refractivity contribution in [1.82, 2.24) is 10.2 Å². The number of nitrogens with one attached hydrogen (secondary N) is 1. The second-order valence-electron chi connectivity index (χ2n) is 5.18. The lowest BCUT2D eigenvalue weighted by molar-refractivity contribution is -0.132. The summed E-state index contributed by atoms with van der Waals surface area (Å²) < 4.78 is 36.5. The molecule has 124 valence electrons. The van der Waals surface area contributed by atoms with Crippen LogP contribution in [0.3, 0.4) is 0 Å². The first-order valence-corrected chi connectivity index (χ1v) is 7.07. The van der Waals surface area contributed by atoms with Crippen LogP contribution in [0.2, 0.25) is 0 Å². The summed E-state index contributed by atoms with van der Waals surface area (Å²) in [7, 11) is 1.60. The Hall–Kier alpha value is -0.990. The SMILES string of the molecule is CN=C(NCCC(F)(F)F)N1CCC(c2ccccc2)C1.I. The number of rotatable bonds is 3. The third kappa shape index (κ3) is 5.66. The number of hydrogen-bond donors (Lipinski definition) is 1. The second kappa shape index (κ2) is 8.59. The fourth-order valence-corrected chi connectivity index (χ4v) is 2.60. The molecule has 0 aromatic heterocycles. The molecule has 3 nitrogen and oxygen atoms in total. The molecule has 22 heavy (non-hydrogen) atoms. The summed E-state index contributed by atoms with van der Waals surface area (Å²) in [6.07, 6.45) is -3.99. The van der Waals surface area contributed by atoms with Crippen LogP contribution in [0, 0.1) is 0 Å². The van der Waals surface area contributed by atoms with Gasteiger partial charge in [0, 0.05) is 32.6 Å². The van der Waals surface area contributed by atoms with Gasteiger partial charge in [-0.15, -0.1) is 24.0 Å². The van der Waals surface area contributed by atoms with Crippen LogP contribution in [-0.4, -0.2) is 43.7 Å². The van der Waals surface area contributed by atoms with Gasteiger partial charge in [0.05, 0.1) is 6.42 Å². The summed E-state index contributed by atoms with van der Waals surface area (Å²) in [6.45, 7) is 1.46. The van der Waals surface area contributed by atoms with Crippen molar-refractivity contribution in [3.05, 3.63) is 35.9 Å². The zero-order valence-electron chi connectivity index (χ0n) is 12.4. The van der Waals surface area contributed by atoms with Gasteiger partial charge in [-0.2, -0.15) is 13.2 Å². The second-order valence-corrected chi connectivity index (χ2v) is 5.18. The van der Waals surface area contributed by atoms with E-state index in [1.54, 1.807) is 7.05 Å². The third-order valence-electron chi connectivity index (χ3n) is 3.66. The number of aliphatic imine (C=N–C) groups is 1. The lowest BCUT2D eigenvalue weighted by Gasteiger charge is -2.22. The zero-order valence-corrected chi connectivity index (χ0v) is 14.8. The molecule has 7 heteroatoms. The smallest absolute Gasteiger partial charge is 0.356 e. The molecule has 0 aliphatic carbocycles. The van der Waals surface area contributed by atoms with Crippen molar-refractivity contribution in [3.8, 4) is 0 Å². The van der Waals surface area contributed by atoms with Gasteiger partial charge in [0.2, 0.25) is 0 Å². The standard InChI is InChI=1S/C15H20F3N3.HI/c1-19-14(20-9-8-15(16,17)18)21-10-7-13(11-21)12-5-3-2-4-6-12;/h2-6,13H,7-11H2,1H3,(H,19,20);1H. The van der Waals surface area contributed by atoms with Crippen molar-refractivity contribution in [1.29, 1.82) is 0 Å². The monoisotopic (exact) mass is 427 g/mol. The topological polar surface area (TPSA) is 27.6 Å². The van der Waals surface area contributed by atoms with Crippen LogP contribution in [0.15, 0.2) is 35.3 Å². The molecule has 1 aliphatic rings. The Morgan fingerprint density at radius 1 is 1.32 bits per heavy atom. The van der Waals surface area contributed by atoms with Gasteiger partial charge in [0.25, 0.3) is 0 Å². The van der Waals surface area contributed by atoms with Crippen molar-refractivity contribution < 1.29 is 13.2 Å². The lowest BCUT2D eigenvalue weighted by atomic mass is 9.99. The van der Waals surface area contributed by atoms with Crippen molar-refractivity contribution >= 4 is 29.9 Å². The Kier molecular flexibility index (Phi) is 7.44. The van der Waals surface area contributed by atoms with Crippen LogP contribution in [0.25, 0.3) is 0 Å². The van der Waals surface area contributed by atoms with Gasteiger partial charge in [-0.05, 0) is 12.0 Å². The predicted octanol–water partition coefficient (Wildman–Crippen LogP) is 3.62. The quantitative estimate of drug-likeness (QED) is 0.454. The molecule has 1 unspecified atom stereocenters. The number of benzene rings is 1. The van der Waals surface area contributed by atoms with Crippen LogP contribution in [0.1, 0.15) is 24.3 Å². The fourth-order valence-electron chi connectivity index (χ4n) is 2.60. The summed E-state index contributed by atoms with van der Waals surface area (Å²) in [5, 5.41) is 2.80. The first-order valence-electron chi connectivity index (χ1n) is 7.07. The van der Waals surface area contributed by atoms with Gasteiger partial charge >= 0.3 is 6.18 Å². The maximum atomic E-state index is 12.2. The van der Waals surface area contributed by atoms with Crippen LogP contribution in [0.4, 0.5) is 13.2 Å². The molecule has 1 aliphatic heterocycles. The predicted molar refractivity (Wildman–Crippen MR) is 92.8 cm³/mol. The minimum atomic E-state index is -4.14. The molecule has 0 radical (unpaired) electrons. The maximum Gasteiger partial charge on any atom is 0.390 e. The lowest BCUT2D eigenvalue weighted by Crippen LogP contribution is -2.41. The highest BCUT2D eigenvalue weighted by atomic mass is 127. The summed E-state index contributed by atoms with van der Waals surface area (Å²) in [5.74, 6) is 0.963. The van der Waals surface area contributed by atoms with E-state index in [4.69, 9.17) is 0 Å². The normalized spacial score (nSPS) is 19.0. The number of alkyl halides is 3. The zero-order chi connectivity index (χ0) is 15.3. The Morgan fingerprint density at radius 2 is 2.00 bits per heavy atom. The number of hydrogen-bond acceptors (Lipinski definition) is 1. The van der Waals surface area contributed by atoms with Crippen LogP contribution in [0.5, 0.6) is 0 Å². The molecular formula is C15H21F3IN3. The molecular weight excluding hydrogens is 406 g/mol. The summed E-state index contributed by atoms with van der Waals surface area (Å²) in [5.41, 5.74) is 1.27. The summed E-state index contributed by atoms with van der Waals surface area (Å²) >= 11 is 0. The minimum Gasteiger partial charge on any atom is -0.356 e. The van der Waals surface area contributed by atoms with E-state index in [1.807, 2.05) is 23.1 Å². The van der Waals surface area contributed by atoms with Crippen LogP contribution >= 0.6 is 24.0 Å². The molecule has 1 saturated heterocycles. The molecule has 1 fully saturated rings. The average Bonchev–Trinajstić information content (AvgIpc) is 2.93. The highest BCUT2D eigenvalue weighted by Gasteiger charge is 2.28. The number of likely N-dealkylation sites (tertiary alicyclic amines) is 1. The van der Waals surface area contributed by atoms with Gasteiger partial charge in [0.1, 0.15) is 0 Å². The fraction of sp³-hybridized carbons (Fsp3) is 0.533. The van der Waals surface area contributed by atoms with Crippen molar-refractivity contribution in [2.24, 2.45) is 4.99 Å². The van der Waals surface area contributed by atoms with Gasteiger partial charge in [-0.1, -0.05) is 30.3 Å². The number of guanidine groups is 1. The van der Waals surface area contributed by atoms with E-state index in [-0.39, 0.29) is 30.5 Å². The Balaban J connectivity index is 0.00000242. The first kappa shape index (κ1) is 19.1. The molecule has 1 heterocycles. The van der Waals surface area contributed by atoms with E-state index in [9.17, 15) is 13.2 Å². The molecule has 2 rings (SSSR count). The van der Waals surface area contributed by atoms with E-state index >= 15 is 0 Å². The Morgan fingerprint density at radius 3 is 2.59 bits per heavy atom. The van der Waals surface area contributed by atoms with E-state index in [0.29, 0.717) is 11.9 Å². The van der Waals surface area contributed by atoms with E-state index in [0.717, 1.165) is 19.5 Å². The molecule has 0 saturated carbocycles. The molecule has 1 atom stereocenters. The van der Waals surface area contributed by atoms with Crippen LogP contribution < -0.4 is 5.32 Å². The Bertz CT molecular complexity index is 477. The highest BCUT2D eigenvalue weighted by molar-refractivity contribution is 14.0. The molecule has 1 aromatic carbocycles. The molecule has 1 aromatic rings. The van der Waals surface area contributed by atoms with E-state index < -0.39 is 12.6 Å². The van der Waals surface area contributed by atoms with Gasteiger partial charge < -0.3 is 10.2 Å². The first-order chi connectivity index (χ1) is 9.99. The average molecular weight is 427 g/mol. The van der Waals surface area contributed by atoms with Gasteiger partial charge in [-0.25, -0.2) is 0 Å².